The van der Waals surface area contributed by atoms with E-state index < -0.39 is 12.6 Å². The molecule has 0 radical (unpaired) electrons. The van der Waals surface area contributed by atoms with Crippen molar-refractivity contribution >= 4 is 27.8 Å². The molecule has 0 bridgehead atoms. The first-order valence-corrected chi connectivity index (χ1v) is 8.80. The Bertz CT molecular complexity index is 766. The Morgan fingerprint density at radius 3 is 2.22 bits per heavy atom. The molecule has 0 saturated heterocycles. The Kier molecular flexibility index (Phi) is 7.72. The van der Waals surface area contributed by atoms with Crippen LogP contribution in [0.3, 0.4) is 0 Å². The molecule has 0 atom stereocenters. The van der Waals surface area contributed by atoms with Crippen LogP contribution in [0.2, 0.25) is 0 Å². The lowest BCUT2D eigenvalue weighted by Crippen LogP contribution is -2.31. The van der Waals surface area contributed by atoms with Gasteiger partial charge in [0.25, 0.3) is 5.91 Å². The third-order valence-electron chi connectivity index (χ3n) is 3.61. The predicted molar refractivity (Wildman–Crippen MR) is 98.4 cm³/mol. The highest BCUT2D eigenvalue weighted by molar-refractivity contribution is 9.10. The number of rotatable bonds is 8. The number of carbonyl (C=O) groups is 2. The Morgan fingerprint density at radius 1 is 1.04 bits per heavy atom. The Morgan fingerprint density at radius 2 is 1.63 bits per heavy atom. The monoisotopic (exact) mass is 441 g/mol. The molecule has 0 N–H and O–H groups in total. The van der Waals surface area contributed by atoms with Crippen LogP contribution in [0, 0.1) is 0 Å². The SMILES string of the molecule is CN(Cc1ccc(OC(F)F)cc1)C(=O)COC(=O)Cc1ccc(Br)cc1. The molecule has 5 nitrogen and oxygen atoms in total. The van der Waals surface area contributed by atoms with Gasteiger partial charge in [-0.1, -0.05) is 40.2 Å². The van der Waals surface area contributed by atoms with Crippen LogP contribution < -0.4 is 4.74 Å². The van der Waals surface area contributed by atoms with Gasteiger partial charge in [-0.25, -0.2) is 0 Å². The number of benzene rings is 2. The van der Waals surface area contributed by atoms with Crippen LogP contribution in [0.15, 0.2) is 53.0 Å². The number of halogens is 3. The van der Waals surface area contributed by atoms with Crippen molar-refractivity contribution < 1.29 is 27.8 Å². The maximum atomic E-state index is 12.1. The molecule has 1 amide bonds. The number of esters is 1. The number of nitrogens with zero attached hydrogens (tertiary/aromatic N) is 1. The van der Waals surface area contributed by atoms with Crippen molar-refractivity contribution in [3.05, 3.63) is 64.1 Å². The van der Waals surface area contributed by atoms with Crippen molar-refractivity contribution in [2.75, 3.05) is 13.7 Å². The van der Waals surface area contributed by atoms with Crippen LogP contribution in [-0.4, -0.2) is 37.0 Å². The summed E-state index contributed by atoms with van der Waals surface area (Å²) < 4.78 is 34.4. The third-order valence-corrected chi connectivity index (χ3v) is 4.14. The quantitative estimate of drug-likeness (QED) is 0.584. The van der Waals surface area contributed by atoms with Crippen LogP contribution in [0.5, 0.6) is 5.75 Å². The van der Waals surface area contributed by atoms with Crippen molar-refractivity contribution in [2.45, 2.75) is 19.6 Å². The normalized spacial score (nSPS) is 10.6. The molecule has 0 aliphatic heterocycles. The summed E-state index contributed by atoms with van der Waals surface area (Å²) in [5.74, 6) is -0.816. The number of hydrogen-bond acceptors (Lipinski definition) is 4. The molecule has 27 heavy (non-hydrogen) atoms. The highest BCUT2D eigenvalue weighted by atomic mass is 79.9. The number of amides is 1. The van der Waals surface area contributed by atoms with E-state index in [4.69, 9.17) is 4.74 Å². The van der Waals surface area contributed by atoms with Gasteiger partial charge in [-0.2, -0.15) is 8.78 Å². The minimum atomic E-state index is -2.88. The van der Waals surface area contributed by atoms with E-state index in [1.54, 1.807) is 31.3 Å². The summed E-state index contributed by atoms with van der Waals surface area (Å²) in [5.41, 5.74) is 1.52. The minimum absolute atomic E-state index is 0.0459. The highest BCUT2D eigenvalue weighted by Gasteiger charge is 2.13. The number of alkyl halides is 2. The number of carbonyl (C=O) groups excluding carboxylic acids is 2. The lowest BCUT2D eigenvalue weighted by atomic mass is 10.2. The predicted octanol–water partition coefficient (Wildman–Crippen LogP) is 3.79. The molecule has 0 fully saturated rings. The zero-order valence-electron chi connectivity index (χ0n) is 14.5. The van der Waals surface area contributed by atoms with E-state index in [9.17, 15) is 18.4 Å². The van der Waals surface area contributed by atoms with E-state index in [0.29, 0.717) is 0 Å². The average Bonchev–Trinajstić information content (AvgIpc) is 2.62. The molecule has 0 aliphatic rings. The first-order chi connectivity index (χ1) is 12.8. The maximum Gasteiger partial charge on any atom is 0.387 e. The summed E-state index contributed by atoms with van der Waals surface area (Å²) in [6.45, 7) is -3.00. The largest absolute Gasteiger partial charge is 0.455 e. The van der Waals surface area contributed by atoms with Gasteiger partial charge in [-0.05, 0) is 35.4 Å². The molecule has 144 valence electrons. The van der Waals surface area contributed by atoms with Crippen molar-refractivity contribution in [1.82, 2.24) is 4.90 Å². The fourth-order valence-electron chi connectivity index (χ4n) is 2.21. The summed E-state index contributed by atoms with van der Waals surface area (Å²) in [6, 6.07) is 13.2. The fourth-order valence-corrected chi connectivity index (χ4v) is 2.48. The van der Waals surface area contributed by atoms with E-state index in [2.05, 4.69) is 20.7 Å². The Balaban J connectivity index is 1.77. The van der Waals surface area contributed by atoms with Gasteiger partial charge in [0, 0.05) is 18.1 Å². The molecule has 0 aliphatic carbocycles. The second-order valence-electron chi connectivity index (χ2n) is 5.74. The van der Waals surface area contributed by atoms with Crippen molar-refractivity contribution in [2.24, 2.45) is 0 Å². The molecule has 0 aromatic heterocycles. The minimum Gasteiger partial charge on any atom is -0.455 e. The van der Waals surface area contributed by atoms with Crippen molar-refractivity contribution in [1.29, 1.82) is 0 Å². The van der Waals surface area contributed by atoms with E-state index >= 15 is 0 Å². The second-order valence-corrected chi connectivity index (χ2v) is 6.65. The lowest BCUT2D eigenvalue weighted by Gasteiger charge is -2.17. The van der Waals surface area contributed by atoms with Crippen LogP contribution in [0.4, 0.5) is 8.78 Å². The molecule has 0 unspecified atom stereocenters. The number of ether oxygens (including phenoxy) is 2. The average molecular weight is 442 g/mol. The summed E-state index contributed by atoms with van der Waals surface area (Å²) in [7, 11) is 1.56. The van der Waals surface area contributed by atoms with Gasteiger partial charge in [0.15, 0.2) is 6.61 Å². The zero-order chi connectivity index (χ0) is 19.8. The van der Waals surface area contributed by atoms with Gasteiger partial charge in [0.05, 0.1) is 6.42 Å². The number of hydrogen-bond donors (Lipinski definition) is 0. The standard InChI is InChI=1S/C19H18BrF2NO4/c1-23(11-14-4-8-16(9-5-14)27-19(21)22)17(24)12-26-18(25)10-13-2-6-15(20)7-3-13/h2-9,19H,10-12H2,1H3. The van der Waals surface area contributed by atoms with Gasteiger partial charge >= 0.3 is 12.6 Å². The molecular formula is C19H18BrF2NO4. The van der Waals surface area contributed by atoms with E-state index in [1.807, 2.05) is 12.1 Å². The van der Waals surface area contributed by atoms with Crippen LogP contribution in [-0.2, 0) is 27.3 Å². The van der Waals surface area contributed by atoms with Gasteiger partial charge in [0.2, 0.25) is 0 Å². The summed E-state index contributed by atoms with van der Waals surface area (Å²) in [6.07, 6.45) is 0.0792. The molecule has 0 spiro atoms. The Hall–Kier alpha value is -2.48. The first kappa shape index (κ1) is 20.8. The molecule has 2 aromatic carbocycles. The van der Waals surface area contributed by atoms with Crippen LogP contribution in [0.25, 0.3) is 0 Å². The molecule has 2 aromatic rings. The zero-order valence-corrected chi connectivity index (χ0v) is 16.1. The topological polar surface area (TPSA) is 55.8 Å². The van der Waals surface area contributed by atoms with E-state index in [-0.39, 0.29) is 31.2 Å². The summed E-state index contributed by atoms with van der Waals surface area (Å²) in [5, 5.41) is 0. The molecule has 8 heteroatoms. The van der Waals surface area contributed by atoms with Gasteiger partial charge < -0.3 is 14.4 Å². The fraction of sp³-hybridized carbons (Fsp3) is 0.263. The summed E-state index contributed by atoms with van der Waals surface area (Å²) >= 11 is 3.31. The molecule has 2 rings (SSSR count). The van der Waals surface area contributed by atoms with Crippen LogP contribution >= 0.6 is 15.9 Å². The molecule has 0 saturated carbocycles. The van der Waals surface area contributed by atoms with Crippen LogP contribution in [0.1, 0.15) is 11.1 Å². The number of likely N-dealkylation sites (N-methyl/N-ethyl adjacent to an activating group) is 1. The maximum absolute atomic E-state index is 12.1. The molecular weight excluding hydrogens is 424 g/mol. The Labute approximate surface area is 164 Å². The van der Waals surface area contributed by atoms with Crippen molar-refractivity contribution in [3.63, 3.8) is 0 Å². The smallest absolute Gasteiger partial charge is 0.387 e. The van der Waals surface area contributed by atoms with E-state index in [1.165, 1.54) is 17.0 Å². The molecule has 0 heterocycles. The van der Waals surface area contributed by atoms with E-state index in [0.717, 1.165) is 15.6 Å². The highest BCUT2D eigenvalue weighted by Crippen LogP contribution is 2.16. The third kappa shape index (κ3) is 7.34. The second kappa shape index (κ2) is 10.0. The van der Waals surface area contributed by atoms with Gasteiger partial charge in [0.1, 0.15) is 5.75 Å². The first-order valence-electron chi connectivity index (χ1n) is 8.01. The lowest BCUT2D eigenvalue weighted by molar-refractivity contribution is -0.151. The van der Waals surface area contributed by atoms with Gasteiger partial charge in [-0.3, -0.25) is 9.59 Å². The van der Waals surface area contributed by atoms with Crippen molar-refractivity contribution in [3.8, 4) is 5.75 Å². The van der Waals surface area contributed by atoms with Gasteiger partial charge in [-0.15, -0.1) is 0 Å². The summed E-state index contributed by atoms with van der Waals surface area (Å²) in [4.78, 5) is 25.3.